The van der Waals surface area contributed by atoms with Crippen molar-refractivity contribution in [3.63, 3.8) is 0 Å². The van der Waals surface area contributed by atoms with Crippen molar-refractivity contribution in [1.29, 1.82) is 0 Å². The highest BCUT2D eigenvalue weighted by atomic mass is 16.5. The summed E-state index contributed by atoms with van der Waals surface area (Å²) >= 11 is 0. The third kappa shape index (κ3) is 2.48. The second-order valence-corrected chi connectivity index (χ2v) is 3.74. The molecule has 1 unspecified atom stereocenters. The van der Waals surface area contributed by atoms with Gasteiger partial charge in [0.1, 0.15) is 0 Å². The van der Waals surface area contributed by atoms with Gasteiger partial charge in [-0.3, -0.25) is 4.68 Å². The Morgan fingerprint density at radius 1 is 1.71 bits per heavy atom. The molecule has 0 aromatic carbocycles. The van der Waals surface area contributed by atoms with Gasteiger partial charge in [-0.15, -0.1) is 0 Å². The van der Waals surface area contributed by atoms with E-state index in [9.17, 15) is 0 Å². The highest BCUT2D eigenvalue weighted by Gasteiger charge is 2.14. The lowest BCUT2D eigenvalue weighted by Crippen LogP contribution is -2.23. The molecule has 1 aromatic heterocycles. The van der Waals surface area contributed by atoms with Crippen LogP contribution in [-0.2, 0) is 11.8 Å². The molecule has 78 valence electrons. The van der Waals surface area contributed by atoms with E-state index in [1.54, 1.807) is 10.9 Å². The van der Waals surface area contributed by atoms with Crippen LogP contribution in [0, 0.1) is 5.92 Å². The van der Waals surface area contributed by atoms with Crippen LogP contribution in [0.15, 0.2) is 12.4 Å². The van der Waals surface area contributed by atoms with E-state index in [-0.39, 0.29) is 0 Å². The number of nitrogens with zero attached hydrogens (tertiary/aromatic N) is 2. The molecule has 14 heavy (non-hydrogen) atoms. The molecular formula is C10H16N2O2. The van der Waals surface area contributed by atoms with Crippen molar-refractivity contribution in [2.24, 2.45) is 13.0 Å². The first-order valence-electron chi connectivity index (χ1n) is 5.04. The van der Waals surface area contributed by atoms with Crippen LogP contribution in [0.1, 0.15) is 12.8 Å². The standard InChI is InChI=1S/C10H16N2O2/c1-12-6-10(5-11-12)14-8-9-3-2-4-13-7-9/h5-6,9H,2-4,7-8H2,1H3. The molecule has 1 saturated heterocycles. The SMILES string of the molecule is Cn1cc(OCC2CCCOC2)cn1. The molecule has 0 radical (unpaired) electrons. The quantitative estimate of drug-likeness (QED) is 0.729. The van der Waals surface area contributed by atoms with Crippen LogP contribution in [0.25, 0.3) is 0 Å². The van der Waals surface area contributed by atoms with Crippen molar-refractivity contribution in [1.82, 2.24) is 9.78 Å². The molecule has 0 aliphatic carbocycles. The summed E-state index contributed by atoms with van der Waals surface area (Å²) in [7, 11) is 1.89. The van der Waals surface area contributed by atoms with Gasteiger partial charge in [0.2, 0.25) is 0 Å². The Kier molecular flexibility index (Phi) is 3.03. The smallest absolute Gasteiger partial charge is 0.157 e. The molecule has 0 amide bonds. The lowest BCUT2D eigenvalue weighted by molar-refractivity contribution is 0.0352. The van der Waals surface area contributed by atoms with Gasteiger partial charge >= 0.3 is 0 Å². The van der Waals surface area contributed by atoms with Crippen LogP contribution in [0.3, 0.4) is 0 Å². The maximum atomic E-state index is 5.60. The first-order chi connectivity index (χ1) is 6.84. The summed E-state index contributed by atoms with van der Waals surface area (Å²) in [4.78, 5) is 0. The Morgan fingerprint density at radius 2 is 2.64 bits per heavy atom. The number of hydrogen-bond acceptors (Lipinski definition) is 3. The van der Waals surface area contributed by atoms with E-state index in [2.05, 4.69) is 5.10 Å². The summed E-state index contributed by atoms with van der Waals surface area (Å²) in [5, 5.41) is 4.04. The normalized spacial score (nSPS) is 22.2. The first kappa shape index (κ1) is 9.52. The molecule has 2 rings (SSSR count). The van der Waals surface area contributed by atoms with Gasteiger partial charge in [0, 0.05) is 19.6 Å². The van der Waals surface area contributed by atoms with Crippen molar-refractivity contribution < 1.29 is 9.47 Å². The number of ether oxygens (including phenoxy) is 2. The van der Waals surface area contributed by atoms with Crippen LogP contribution in [0.4, 0.5) is 0 Å². The van der Waals surface area contributed by atoms with E-state index >= 15 is 0 Å². The molecule has 4 nitrogen and oxygen atoms in total. The molecule has 1 aromatic rings. The zero-order valence-corrected chi connectivity index (χ0v) is 8.48. The average molecular weight is 196 g/mol. The van der Waals surface area contributed by atoms with Gasteiger partial charge < -0.3 is 9.47 Å². The molecule has 1 aliphatic heterocycles. The molecule has 2 heterocycles. The van der Waals surface area contributed by atoms with Crippen molar-refractivity contribution in [3.05, 3.63) is 12.4 Å². The van der Waals surface area contributed by atoms with Gasteiger partial charge in [-0.05, 0) is 12.8 Å². The predicted octanol–water partition coefficient (Wildman–Crippen LogP) is 1.23. The molecule has 1 atom stereocenters. The highest BCUT2D eigenvalue weighted by molar-refractivity contribution is 5.11. The summed E-state index contributed by atoms with van der Waals surface area (Å²) in [6.45, 7) is 2.48. The molecule has 1 aliphatic rings. The second-order valence-electron chi connectivity index (χ2n) is 3.74. The van der Waals surface area contributed by atoms with Crippen molar-refractivity contribution in [2.45, 2.75) is 12.8 Å². The fourth-order valence-electron chi connectivity index (χ4n) is 1.63. The zero-order valence-electron chi connectivity index (χ0n) is 8.48. The molecule has 0 N–H and O–H groups in total. The van der Waals surface area contributed by atoms with Crippen LogP contribution in [-0.4, -0.2) is 29.6 Å². The largest absolute Gasteiger partial charge is 0.490 e. The first-order valence-corrected chi connectivity index (χ1v) is 5.04. The molecule has 0 bridgehead atoms. The molecule has 4 heteroatoms. The van der Waals surface area contributed by atoms with Gasteiger partial charge in [-0.25, -0.2) is 0 Å². The Balaban J connectivity index is 1.76. The summed E-state index contributed by atoms with van der Waals surface area (Å²) in [5.74, 6) is 1.39. The zero-order chi connectivity index (χ0) is 9.80. The van der Waals surface area contributed by atoms with Gasteiger partial charge in [0.05, 0.1) is 25.6 Å². The fraction of sp³-hybridized carbons (Fsp3) is 0.700. The number of rotatable bonds is 3. The Bertz CT molecular complexity index is 279. The molecule has 0 saturated carbocycles. The maximum Gasteiger partial charge on any atom is 0.157 e. The van der Waals surface area contributed by atoms with Crippen LogP contribution >= 0.6 is 0 Å². The Morgan fingerprint density at radius 3 is 3.29 bits per heavy atom. The predicted molar refractivity (Wildman–Crippen MR) is 52.2 cm³/mol. The van der Waals surface area contributed by atoms with Gasteiger partial charge in [-0.2, -0.15) is 5.10 Å². The van der Waals surface area contributed by atoms with Crippen molar-refractivity contribution in [3.8, 4) is 5.75 Å². The number of hydrogen-bond donors (Lipinski definition) is 0. The van der Waals surface area contributed by atoms with Crippen molar-refractivity contribution in [2.75, 3.05) is 19.8 Å². The summed E-state index contributed by atoms with van der Waals surface area (Å²) in [6.07, 6.45) is 5.98. The Hall–Kier alpha value is -1.03. The molecular weight excluding hydrogens is 180 g/mol. The monoisotopic (exact) mass is 196 g/mol. The minimum Gasteiger partial charge on any atom is -0.490 e. The topological polar surface area (TPSA) is 36.3 Å². The third-order valence-electron chi connectivity index (χ3n) is 2.42. The minimum atomic E-state index is 0.545. The van der Waals surface area contributed by atoms with E-state index in [4.69, 9.17) is 9.47 Å². The van der Waals surface area contributed by atoms with Crippen LogP contribution in [0.2, 0.25) is 0 Å². The summed E-state index contributed by atoms with van der Waals surface area (Å²) in [5.41, 5.74) is 0. The number of aromatic nitrogens is 2. The van der Waals surface area contributed by atoms with Gasteiger partial charge in [-0.1, -0.05) is 0 Å². The van der Waals surface area contributed by atoms with Crippen molar-refractivity contribution >= 4 is 0 Å². The van der Waals surface area contributed by atoms with E-state index in [1.165, 1.54) is 6.42 Å². The van der Waals surface area contributed by atoms with E-state index in [1.807, 2.05) is 13.2 Å². The lowest BCUT2D eigenvalue weighted by atomic mass is 10.0. The van der Waals surface area contributed by atoms with Gasteiger partial charge in [0.25, 0.3) is 0 Å². The van der Waals surface area contributed by atoms with Gasteiger partial charge in [0.15, 0.2) is 5.75 Å². The van der Waals surface area contributed by atoms with E-state index in [0.717, 1.165) is 32.0 Å². The van der Waals surface area contributed by atoms with Crippen LogP contribution in [0.5, 0.6) is 5.75 Å². The molecule has 1 fully saturated rings. The maximum absolute atomic E-state index is 5.60. The third-order valence-corrected chi connectivity index (χ3v) is 2.42. The lowest BCUT2D eigenvalue weighted by Gasteiger charge is -2.21. The fourth-order valence-corrected chi connectivity index (χ4v) is 1.63. The summed E-state index contributed by atoms with van der Waals surface area (Å²) < 4.78 is 12.7. The average Bonchev–Trinajstić information content (AvgIpc) is 2.63. The van der Waals surface area contributed by atoms with E-state index < -0.39 is 0 Å². The van der Waals surface area contributed by atoms with E-state index in [0.29, 0.717) is 5.92 Å². The molecule has 0 spiro atoms. The second kappa shape index (κ2) is 4.46. The minimum absolute atomic E-state index is 0.545. The summed E-state index contributed by atoms with van der Waals surface area (Å²) in [6, 6.07) is 0. The highest BCUT2D eigenvalue weighted by Crippen LogP contribution is 2.15. The Labute approximate surface area is 83.8 Å². The number of aryl methyl sites for hydroxylation is 1. The van der Waals surface area contributed by atoms with Crippen LogP contribution < -0.4 is 4.74 Å².